The summed E-state index contributed by atoms with van der Waals surface area (Å²) in [6.45, 7) is 4.86. The molecule has 30 heavy (non-hydrogen) atoms. The molecule has 1 aromatic heterocycles. The summed E-state index contributed by atoms with van der Waals surface area (Å²) in [5.74, 6) is -0.204. The summed E-state index contributed by atoms with van der Waals surface area (Å²) < 4.78 is 11.0. The highest BCUT2D eigenvalue weighted by Gasteiger charge is 2.22. The molecule has 7 heteroatoms. The third-order valence-electron chi connectivity index (χ3n) is 4.24. The first-order valence-corrected chi connectivity index (χ1v) is 9.53. The van der Waals surface area contributed by atoms with E-state index in [0.29, 0.717) is 36.1 Å². The molecule has 0 aliphatic heterocycles. The van der Waals surface area contributed by atoms with Crippen LogP contribution in [-0.2, 0) is 0 Å². The molecule has 1 amide bonds. The molecule has 0 aliphatic rings. The fourth-order valence-corrected chi connectivity index (χ4v) is 2.89. The van der Waals surface area contributed by atoms with E-state index in [1.807, 2.05) is 13.8 Å². The van der Waals surface area contributed by atoms with E-state index in [2.05, 4.69) is 4.98 Å². The molecule has 3 aromatic rings. The smallest absolute Gasteiger partial charge is 0.335 e. The molecular weight excluding hydrogens is 384 g/mol. The second-order valence-electron chi connectivity index (χ2n) is 6.23. The SMILES string of the molecule is CCOc1ccc(N(C(=O)c2cc(C(=O)O)ccn2)c2ccc(OCC)cc2)cc1. The Hall–Kier alpha value is -3.87. The first kappa shape index (κ1) is 20.9. The molecule has 0 saturated carbocycles. The number of aromatic nitrogens is 1. The van der Waals surface area contributed by atoms with Gasteiger partial charge in [0, 0.05) is 17.6 Å². The summed E-state index contributed by atoms with van der Waals surface area (Å²) in [4.78, 5) is 30.2. The van der Waals surface area contributed by atoms with E-state index < -0.39 is 11.9 Å². The molecule has 2 aromatic carbocycles. The van der Waals surface area contributed by atoms with E-state index in [4.69, 9.17) is 9.47 Å². The minimum absolute atomic E-state index is 0.00770. The Balaban J connectivity index is 2.03. The molecule has 0 atom stereocenters. The number of hydrogen-bond acceptors (Lipinski definition) is 5. The molecule has 154 valence electrons. The van der Waals surface area contributed by atoms with Gasteiger partial charge in [-0.2, -0.15) is 0 Å². The van der Waals surface area contributed by atoms with Crippen LogP contribution in [-0.4, -0.2) is 35.2 Å². The number of ether oxygens (including phenoxy) is 2. The molecule has 0 unspecified atom stereocenters. The van der Waals surface area contributed by atoms with Gasteiger partial charge in [-0.1, -0.05) is 0 Å². The van der Waals surface area contributed by atoms with E-state index in [1.54, 1.807) is 48.5 Å². The van der Waals surface area contributed by atoms with Crippen LogP contribution in [0.25, 0.3) is 0 Å². The van der Waals surface area contributed by atoms with Crippen molar-refractivity contribution >= 4 is 23.3 Å². The van der Waals surface area contributed by atoms with Gasteiger partial charge in [-0.05, 0) is 74.5 Å². The van der Waals surface area contributed by atoms with Crippen molar-refractivity contribution in [1.82, 2.24) is 4.98 Å². The van der Waals surface area contributed by atoms with Gasteiger partial charge in [0.25, 0.3) is 5.91 Å². The maximum absolute atomic E-state index is 13.3. The Morgan fingerprint density at radius 2 is 1.37 bits per heavy atom. The van der Waals surface area contributed by atoms with Crippen molar-refractivity contribution < 1.29 is 24.2 Å². The average molecular weight is 406 g/mol. The van der Waals surface area contributed by atoms with Gasteiger partial charge < -0.3 is 14.6 Å². The number of benzene rings is 2. The molecule has 0 bridgehead atoms. The highest BCUT2D eigenvalue weighted by Crippen LogP contribution is 2.30. The van der Waals surface area contributed by atoms with Crippen molar-refractivity contribution in [3.63, 3.8) is 0 Å². The standard InChI is InChI=1S/C23H22N2O5/c1-3-29-19-9-5-17(6-10-19)25(18-7-11-20(12-8-18)30-4-2)22(26)21-15-16(23(27)28)13-14-24-21/h5-15H,3-4H2,1-2H3,(H,27,28). The highest BCUT2D eigenvalue weighted by molar-refractivity contribution is 6.10. The number of anilines is 2. The van der Waals surface area contributed by atoms with Crippen LogP contribution in [0.4, 0.5) is 11.4 Å². The number of carboxylic acid groups (broad SMARTS) is 1. The molecule has 0 spiro atoms. The lowest BCUT2D eigenvalue weighted by Gasteiger charge is -2.23. The minimum atomic E-state index is -1.12. The second kappa shape index (κ2) is 9.56. The number of pyridine rings is 1. The minimum Gasteiger partial charge on any atom is -0.494 e. The van der Waals surface area contributed by atoms with Crippen molar-refractivity contribution in [3.8, 4) is 11.5 Å². The number of rotatable bonds is 8. The van der Waals surface area contributed by atoms with Gasteiger partial charge in [-0.15, -0.1) is 0 Å². The summed E-state index contributed by atoms with van der Waals surface area (Å²) in [5, 5.41) is 9.25. The second-order valence-corrected chi connectivity index (χ2v) is 6.23. The Kier molecular flexibility index (Phi) is 6.64. The molecule has 7 nitrogen and oxygen atoms in total. The van der Waals surface area contributed by atoms with Crippen molar-refractivity contribution in [2.45, 2.75) is 13.8 Å². The quantitative estimate of drug-likeness (QED) is 0.590. The number of nitrogens with zero attached hydrogens (tertiary/aromatic N) is 2. The maximum atomic E-state index is 13.3. The molecule has 1 heterocycles. The van der Waals surface area contributed by atoms with Crippen LogP contribution in [0.3, 0.4) is 0 Å². The van der Waals surface area contributed by atoms with Crippen LogP contribution >= 0.6 is 0 Å². The largest absolute Gasteiger partial charge is 0.494 e. The lowest BCUT2D eigenvalue weighted by Crippen LogP contribution is -2.27. The van der Waals surface area contributed by atoms with Crippen molar-refractivity contribution in [1.29, 1.82) is 0 Å². The predicted molar refractivity (Wildman–Crippen MR) is 113 cm³/mol. The normalized spacial score (nSPS) is 10.3. The van der Waals surface area contributed by atoms with Gasteiger partial charge in [0.05, 0.1) is 18.8 Å². The Bertz CT molecular complexity index is 967. The fourth-order valence-electron chi connectivity index (χ4n) is 2.89. The summed E-state index contributed by atoms with van der Waals surface area (Å²) in [7, 11) is 0. The van der Waals surface area contributed by atoms with Crippen molar-refractivity contribution in [2.24, 2.45) is 0 Å². The Morgan fingerprint density at radius 3 is 1.80 bits per heavy atom. The lowest BCUT2D eigenvalue weighted by atomic mass is 10.1. The van der Waals surface area contributed by atoms with Crippen LogP contribution in [0.5, 0.6) is 11.5 Å². The summed E-state index contributed by atoms with van der Waals surface area (Å²) in [6, 6.07) is 16.8. The molecule has 0 saturated heterocycles. The van der Waals surface area contributed by atoms with Crippen molar-refractivity contribution in [2.75, 3.05) is 18.1 Å². The number of aromatic carboxylic acids is 1. The monoisotopic (exact) mass is 406 g/mol. The van der Waals surface area contributed by atoms with E-state index in [0.717, 1.165) is 0 Å². The number of amides is 1. The van der Waals surface area contributed by atoms with Crippen LogP contribution in [0, 0.1) is 0 Å². The van der Waals surface area contributed by atoms with Crippen molar-refractivity contribution in [3.05, 3.63) is 78.1 Å². The van der Waals surface area contributed by atoms with E-state index in [-0.39, 0.29) is 11.3 Å². The number of carbonyl (C=O) groups is 2. The zero-order valence-electron chi connectivity index (χ0n) is 16.7. The van der Waals surface area contributed by atoms with Gasteiger partial charge >= 0.3 is 5.97 Å². The fraction of sp³-hybridized carbons (Fsp3) is 0.174. The van der Waals surface area contributed by atoms with Gasteiger partial charge in [0.1, 0.15) is 17.2 Å². The summed E-state index contributed by atoms with van der Waals surface area (Å²) in [6.07, 6.45) is 1.31. The Labute approximate surface area is 174 Å². The molecule has 1 N–H and O–H groups in total. The van der Waals surface area contributed by atoms with Gasteiger partial charge in [0.15, 0.2) is 0 Å². The molecule has 3 rings (SSSR count). The first-order valence-electron chi connectivity index (χ1n) is 9.53. The van der Waals surface area contributed by atoms with Gasteiger partial charge in [0.2, 0.25) is 0 Å². The van der Waals surface area contributed by atoms with E-state index in [9.17, 15) is 14.7 Å². The third-order valence-corrected chi connectivity index (χ3v) is 4.24. The van der Waals surface area contributed by atoms with Gasteiger partial charge in [-0.25, -0.2) is 4.79 Å². The predicted octanol–water partition coefficient (Wildman–Crippen LogP) is 4.56. The molecule has 0 radical (unpaired) electrons. The van der Waals surface area contributed by atoms with Crippen LogP contribution in [0.2, 0.25) is 0 Å². The summed E-state index contributed by atoms with van der Waals surface area (Å²) in [5.41, 5.74) is 1.20. The van der Waals surface area contributed by atoms with Crippen LogP contribution < -0.4 is 14.4 Å². The van der Waals surface area contributed by atoms with Crippen LogP contribution in [0.1, 0.15) is 34.7 Å². The van der Waals surface area contributed by atoms with Gasteiger partial charge in [-0.3, -0.25) is 14.7 Å². The molecule has 0 fully saturated rings. The Morgan fingerprint density at radius 1 is 0.867 bits per heavy atom. The molecule has 0 aliphatic carbocycles. The maximum Gasteiger partial charge on any atom is 0.335 e. The first-order chi connectivity index (χ1) is 14.5. The number of carboxylic acids is 1. The van der Waals surface area contributed by atoms with Crippen LogP contribution in [0.15, 0.2) is 66.9 Å². The lowest BCUT2D eigenvalue weighted by molar-refractivity contribution is 0.0696. The zero-order valence-corrected chi connectivity index (χ0v) is 16.7. The molecular formula is C23H22N2O5. The zero-order chi connectivity index (χ0) is 21.5. The third kappa shape index (κ3) is 4.75. The number of hydrogen-bond donors (Lipinski definition) is 1. The van der Waals surface area contributed by atoms with E-state index >= 15 is 0 Å². The topological polar surface area (TPSA) is 89.0 Å². The average Bonchev–Trinajstić information content (AvgIpc) is 2.76. The summed E-state index contributed by atoms with van der Waals surface area (Å²) >= 11 is 0. The highest BCUT2D eigenvalue weighted by atomic mass is 16.5. The number of carbonyl (C=O) groups excluding carboxylic acids is 1. The van der Waals surface area contributed by atoms with E-state index in [1.165, 1.54) is 23.2 Å².